The number of methoxy groups -OCH3 is 1. The van der Waals surface area contributed by atoms with E-state index in [-0.39, 0.29) is 6.79 Å². The van der Waals surface area contributed by atoms with Gasteiger partial charge in [0.2, 0.25) is 12.5 Å². The van der Waals surface area contributed by atoms with Crippen molar-refractivity contribution in [2.45, 2.75) is 0 Å². The Morgan fingerprint density at radius 3 is 3.04 bits per heavy atom. The van der Waals surface area contributed by atoms with Gasteiger partial charge in [-0.3, -0.25) is 4.98 Å². The molecule has 1 aliphatic rings. The lowest BCUT2D eigenvalue weighted by atomic mass is 10.1. The number of pyridine rings is 1. The first kappa shape index (κ1) is 15.5. The lowest BCUT2D eigenvalue weighted by Crippen LogP contribution is -1.95. The zero-order chi connectivity index (χ0) is 16.8. The van der Waals surface area contributed by atoms with Gasteiger partial charge in [0.1, 0.15) is 0 Å². The van der Waals surface area contributed by atoms with Crippen molar-refractivity contribution in [1.82, 2.24) is 4.98 Å². The van der Waals surface area contributed by atoms with Crippen LogP contribution in [0.25, 0.3) is 6.08 Å². The smallest absolute Gasteiger partial charge is 0.358 e. The van der Waals surface area contributed by atoms with Crippen LogP contribution in [-0.2, 0) is 9.63 Å². The number of aromatic nitrogens is 1. The molecule has 0 fully saturated rings. The quantitative estimate of drug-likeness (QED) is 0.363. The number of fused-ring (bicyclic) bond motifs is 1. The van der Waals surface area contributed by atoms with Gasteiger partial charge in [0, 0.05) is 12.3 Å². The second-order valence-electron chi connectivity index (χ2n) is 4.69. The van der Waals surface area contributed by atoms with Gasteiger partial charge in [-0.1, -0.05) is 11.2 Å². The van der Waals surface area contributed by atoms with E-state index >= 15 is 0 Å². The van der Waals surface area contributed by atoms with Crippen molar-refractivity contribution in [3.8, 4) is 17.2 Å². The van der Waals surface area contributed by atoms with E-state index in [0.717, 1.165) is 0 Å². The molecule has 1 aromatic heterocycles. The number of carbonyl (C=O) groups excluding carboxylic acids is 1. The van der Waals surface area contributed by atoms with E-state index in [1.54, 1.807) is 36.5 Å². The molecule has 0 amide bonds. The van der Waals surface area contributed by atoms with E-state index in [0.29, 0.717) is 28.5 Å². The highest BCUT2D eigenvalue weighted by Crippen LogP contribution is 2.42. The van der Waals surface area contributed by atoms with Crippen LogP contribution in [0.5, 0.6) is 17.2 Å². The summed E-state index contributed by atoms with van der Waals surface area (Å²) in [5.74, 6) is 1.04. The van der Waals surface area contributed by atoms with Crippen molar-refractivity contribution in [2.75, 3.05) is 13.9 Å². The Morgan fingerprint density at radius 1 is 1.33 bits per heavy atom. The van der Waals surface area contributed by atoms with E-state index in [1.807, 2.05) is 6.07 Å². The first-order chi connectivity index (χ1) is 11.8. The number of oxime groups is 1. The second-order valence-corrected chi connectivity index (χ2v) is 4.69. The van der Waals surface area contributed by atoms with Crippen molar-refractivity contribution in [3.05, 3.63) is 53.9 Å². The molecule has 0 aliphatic carbocycles. The molecule has 0 saturated carbocycles. The molecule has 0 N–H and O–H groups in total. The zero-order valence-electron chi connectivity index (χ0n) is 12.8. The molecule has 3 rings (SSSR count). The summed E-state index contributed by atoms with van der Waals surface area (Å²) in [4.78, 5) is 20.4. The molecule has 122 valence electrons. The third-order valence-corrected chi connectivity index (χ3v) is 3.11. The Kier molecular flexibility index (Phi) is 4.71. The van der Waals surface area contributed by atoms with Crippen LogP contribution in [0.15, 0.2) is 47.8 Å². The topological polar surface area (TPSA) is 79.2 Å². The summed E-state index contributed by atoms with van der Waals surface area (Å²) in [7, 11) is 1.53. The van der Waals surface area contributed by atoms with Crippen molar-refractivity contribution in [1.29, 1.82) is 0 Å². The Bertz CT molecular complexity index is 787. The summed E-state index contributed by atoms with van der Waals surface area (Å²) in [6, 6.07) is 8.81. The van der Waals surface area contributed by atoms with Crippen molar-refractivity contribution >= 4 is 18.3 Å². The molecule has 0 unspecified atom stereocenters. The molecule has 1 aliphatic heterocycles. The standard InChI is InChI=1S/C17H14N2O5/c1-21-14-8-12(9-15-17(14)23-11-22-15)5-6-16(20)24-19-10-13-4-2-3-7-18-13/h2-10H,11H2,1H3/b6-5+,19-10+. The van der Waals surface area contributed by atoms with Crippen molar-refractivity contribution < 1.29 is 23.8 Å². The molecular formula is C17H14N2O5. The summed E-state index contributed by atoms with van der Waals surface area (Å²) < 4.78 is 15.9. The summed E-state index contributed by atoms with van der Waals surface area (Å²) in [5, 5.41) is 3.59. The van der Waals surface area contributed by atoms with E-state index in [1.165, 1.54) is 19.4 Å². The fourth-order valence-electron chi connectivity index (χ4n) is 2.03. The average Bonchev–Trinajstić information content (AvgIpc) is 3.08. The number of carbonyl (C=O) groups is 1. The minimum atomic E-state index is -0.612. The predicted octanol–water partition coefficient (Wildman–Crippen LogP) is 2.41. The second kappa shape index (κ2) is 7.28. The lowest BCUT2D eigenvalue weighted by Gasteiger charge is -2.05. The minimum absolute atomic E-state index is 0.142. The number of hydrogen-bond acceptors (Lipinski definition) is 7. The first-order valence-electron chi connectivity index (χ1n) is 7.07. The minimum Gasteiger partial charge on any atom is -0.493 e. The molecule has 0 radical (unpaired) electrons. The number of ether oxygens (including phenoxy) is 3. The third kappa shape index (κ3) is 3.70. The van der Waals surface area contributed by atoms with Crippen LogP contribution in [0.3, 0.4) is 0 Å². The van der Waals surface area contributed by atoms with Crippen LogP contribution in [0, 0.1) is 0 Å². The monoisotopic (exact) mass is 326 g/mol. The van der Waals surface area contributed by atoms with Crippen molar-refractivity contribution in [2.24, 2.45) is 5.16 Å². The van der Waals surface area contributed by atoms with Gasteiger partial charge < -0.3 is 19.0 Å². The van der Waals surface area contributed by atoms with E-state index in [4.69, 9.17) is 19.0 Å². The van der Waals surface area contributed by atoms with E-state index in [9.17, 15) is 4.79 Å². The van der Waals surface area contributed by atoms with Crippen LogP contribution in [0.1, 0.15) is 11.3 Å². The first-order valence-corrected chi connectivity index (χ1v) is 7.07. The van der Waals surface area contributed by atoms with Gasteiger partial charge >= 0.3 is 5.97 Å². The van der Waals surface area contributed by atoms with Crippen LogP contribution in [0.4, 0.5) is 0 Å². The van der Waals surface area contributed by atoms with Crippen LogP contribution in [-0.4, -0.2) is 31.1 Å². The van der Waals surface area contributed by atoms with E-state index in [2.05, 4.69) is 10.1 Å². The van der Waals surface area contributed by atoms with Gasteiger partial charge in [0.25, 0.3) is 0 Å². The maximum atomic E-state index is 11.7. The Hall–Kier alpha value is -3.35. The van der Waals surface area contributed by atoms with Crippen LogP contribution in [0.2, 0.25) is 0 Å². The molecule has 24 heavy (non-hydrogen) atoms. The molecule has 2 aromatic rings. The molecule has 2 heterocycles. The summed E-state index contributed by atoms with van der Waals surface area (Å²) in [6.45, 7) is 0.142. The molecular weight excluding hydrogens is 312 g/mol. The van der Waals surface area contributed by atoms with Gasteiger partial charge in [-0.25, -0.2) is 4.79 Å². The maximum absolute atomic E-state index is 11.7. The Morgan fingerprint density at radius 2 is 2.25 bits per heavy atom. The third-order valence-electron chi connectivity index (χ3n) is 3.11. The highest BCUT2D eigenvalue weighted by atomic mass is 16.7. The van der Waals surface area contributed by atoms with E-state index < -0.39 is 5.97 Å². The van der Waals surface area contributed by atoms with Gasteiger partial charge in [0.05, 0.1) is 19.0 Å². The molecule has 1 aromatic carbocycles. The van der Waals surface area contributed by atoms with Crippen molar-refractivity contribution in [3.63, 3.8) is 0 Å². The highest BCUT2D eigenvalue weighted by molar-refractivity contribution is 5.88. The number of rotatable bonds is 5. The molecule has 0 bridgehead atoms. The Balaban J connectivity index is 1.63. The highest BCUT2D eigenvalue weighted by Gasteiger charge is 2.19. The largest absolute Gasteiger partial charge is 0.493 e. The molecule has 7 nitrogen and oxygen atoms in total. The molecule has 0 spiro atoms. The van der Waals surface area contributed by atoms with Gasteiger partial charge in [-0.15, -0.1) is 0 Å². The van der Waals surface area contributed by atoms with Crippen LogP contribution >= 0.6 is 0 Å². The Labute approximate surface area is 138 Å². The molecule has 7 heteroatoms. The zero-order valence-corrected chi connectivity index (χ0v) is 12.8. The summed E-state index contributed by atoms with van der Waals surface area (Å²) >= 11 is 0. The normalized spacial score (nSPS) is 12.7. The van der Waals surface area contributed by atoms with Gasteiger partial charge in [-0.2, -0.15) is 0 Å². The average molecular weight is 326 g/mol. The summed E-state index contributed by atoms with van der Waals surface area (Å²) in [5.41, 5.74) is 1.30. The molecule has 0 atom stereocenters. The lowest BCUT2D eigenvalue weighted by molar-refractivity contribution is -0.137. The predicted molar refractivity (Wildman–Crippen MR) is 86.1 cm³/mol. The maximum Gasteiger partial charge on any atom is 0.358 e. The fourth-order valence-corrected chi connectivity index (χ4v) is 2.03. The fraction of sp³-hybridized carbons (Fsp3) is 0.118. The van der Waals surface area contributed by atoms with Gasteiger partial charge in [0.15, 0.2) is 11.5 Å². The van der Waals surface area contributed by atoms with Crippen LogP contribution < -0.4 is 14.2 Å². The number of nitrogens with zero attached hydrogens (tertiary/aromatic N) is 2. The summed E-state index contributed by atoms with van der Waals surface area (Å²) in [6.07, 6.45) is 5.81. The number of benzene rings is 1. The molecule has 0 saturated heterocycles. The number of hydrogen-bond donors (Lipinski definition) is 0. The SMILES string of the molecule is COc1cc(/C=C/C(=O)O/N=C/c2ccccn2)cc2c1OCO2. The van der Waals surface area contributed by atoms with Gasteiger partial charge in [-0.05, 0) is 35.9 Å².